The first-order chi connectivity index (χ1) is 17.0. The molecule has 1 amide bonds. The summed E-state index contributed by atoms with van der Waals surface area (Å²) >= 11 is 5.30. The van der Waals surface area contributed by atoms with Gasteiger partial charge in [-0.15, -0.1) is 0 Å². The van der Waals surface area contributed by atoms with E-state index in [0.717, 1.165) is 27.7 Å². The van der Waals surface area contributed by atoms with Crippen molar-refractivity contribution in [2.24, 2.45) is 0 Å². The summed E-state index contributed by atoms with van der Waals surface area (Å²) in [6.07, 6.45) is 1.94. The van der Waals surface area contributed by atoms with Gasteiger partial charge in [-0.1, -0.05) is 30.3 Å². The molecule has 178 valence electrons. The minimum atomic E-state index is -0.179. The van der Waals surface area contributed by atoms with E-state index in [4.69, 9.17) is 26.4 Å². The van der Waals surface area contributed by atoms with E-state index in [1.807, 2.05) is 67.6 Å². The van der Waals surface area contributed by atoms with Crippen LogP contribution in [-0.2, 0) is 11.2 Å². The molecule has 2 N–H and O–H groups in total. The molecule has 0 spiro atoms. The molecule has 4 rings (SSSR count). The summed E-state index contributed by atoms with van der Waals surface area (Å²) in [5.41, 5.74) is 3.28. The van der Waals surface area contributed by atoms with Gasteiger partial charge in [-0.05, 0) is 60.6 Å². The van der Waals surface area contributed by atoms with Gasteiger partial charge in [-0.25, -0.2) is 0 Å². The van der Waals surface area contributed by atoms with E-state index in [-0.39, 0.29) is 17.4 Å². The highest BCUT2D eigenvalue weighted by Gasteiger charge is 2.13. The lowest BCUT2D eigenvalue weighted by atomic mass is 10.1. The van der Waals surface area contributed by atoms with Gasteiger partial charge in [-0.2, -0.15) is 0 Å². The molecule has 0 fully saturated rings. The van der Waals surface area contributed by atoms with Gasteiger partial charge in [0.25, 0.3) is 0 Å². The Labute approximate surface area is 209 Å². The van der Waals surface area contributed by atoms with Crippen LogP contribution >= 0.6 is 12.2 Å². The van der Waals surface area contributed by atoms with E-state index in [1.54, 1.807) is 26.5 Å². The molecule has 0 saturated carbocycles. The van der Waals surface area contributed by atoms with Crippen LogP contribution in [0.15, 0.2) is 72.9 Å². The van der Waals surface area contributed by atoms with E-state index in [0.29, 0.717) is 23.0 Å². The molecular formula is C27H25N3O4S. The molecule has 35 heavy (non-hydrogen) atoms. The smallest absolute Gasteiger partial charge is 0.230 e. The average Bonchev–Trinajstić information content (AvgIpc) is 2.85. The molecule has 1 heterocycles. The van der Waals surface area contributed by atoms with Gasteiger partial charge in [0.15, 0.2) is 16.6 Å². The summed E-state index contributed by atoms with van der Waals surface area (Å²) < 4.78 is 17.0. The molecule has 0 saturated heterocycles. The number of carbonyl (C=O) groups is 1. The number of hydrogen-bond donors (Lipinski definition) is 2. The van der Waals surface area contributed by atoms with Crippen LogP contribution in [0.4, 0.5) is 5.69 Å². The molecule has 3 aromatic carbocycles. The van der Waals surface area contributed by atoms with Crippen molar-refractivity contribution in [3.8, 4) is 23.0 Å². The van der Waals surface area contributed by atoms with Crippen LogP contribution in [0.2, 0.25) is 0 Å². The molecule has 7 nitrogen and oxygen atoms in total. The molecule has 0 radical (unpaired) electrons. The van der Waals surface area contributed by atoms with Crippen molar-refractivity contribution in [3.05, 3.63) is 84.1 Å². The minimum Gasteiger partial charge on any atom is -0.493 e. The fraction of sp³-hybridized carbons (Fsp3) is 0.148. The Morgan fingerprint density at radius 2 is 1.66 bits per heavy atom. The number of thiocarbonyl (C=S) groups is 1. The van der Waals surface area contributed by atoms with Crippen LogP contribution in [0.5, 0.6) is 23.0 Å². The second kappa shape index (κ2) is 10.8. The van der Waals surface area contributed by atoms with Gasteiger partial charge < -0.3 is 24.8 Å². The lowest BCUT2D eigenvalue weighted by Crippen LogP contribution is -2.35. The highest BCUT2D eigenvalue weighted by atomic mass is 32.1. The third-order valence-electron chi connectivity index (χ3n) is 5.32. The number of fused-ring (bicyclic) bond motifs is 1. The predicted octanol–water partition coefficient (Wildman–Crippen LogP) is 5.41. The lowest BCUT2D eigenvalue weighted by molar-refractivity contribution is -0.119. The number of aryl methyl sites for hydroxylation is 1. The SMILES string of the molecule is COc1cc2nccc(Oc3ccc(NC(=S)NC(=O)Cc4ccccc4)cc3C)c2cc1OC. The summed E-state index contributed by atoms with van der Waals surface area (Å²) in [7, 11) is 3.17. The zero-order valence-electron chi connectivity index (χ0n) is 19.6. The number of ether oxygens (including phenoxy) is 3. The van der Waals surface area contributed by atoms with E-state index in [1.165, 1.54) is 0 Å². The van der Waals surface area contributed by atoms with E-state index in [9.17, 15) is 4.79 Å². The first-order valence-corrected chi connectivity index (χ1v) is 11.3. The van der Waals surface area contributed by atoms with Gasteiger partial charge in [0.2, 0.25) is 5.91 Å². The maximum atomic E-state index is 12.2. The highest BCUT2D eigenvalue weighted by molar-refractivity contribution is 7.80. The third kappa shape index (κ3) is 5.85. The van der Waals surface area contributed by atoms with Crippen LogP contribution in [-0.4, -0.2) is 30.2 Å². The second-order valence-corrected chi connectivity index (χ2v) is 8.19. The third-order valence-corrected chi connectivity index (χ3v) is 5.52. The first-order valence-electron chi connectivity index (χ1n) is 10.9. The zero-order chi connectivity index (χ0) is 24.8. The van der Waals surface area contributed by atoms with E-state index >= 15 is 0 Å². The maximum absolute atomic E-state index is 12.2. The maximum Gasteiger partial charge on any atom is 0.230 e. The normalized spacial score (nSPS) is 10.5. The Morgan fingerprint density at radius 1 is 0.914 bits per heavy atom. The number of aromatic nitrogens is 1. The molecular weight excluding hydrogens is 462 g/mol. The van der Waals surface area contributed by atoms with Crippen LogP contribution in [0, 0.1) is 6.92 Å². The van der Waals surface area contributed by atoms with Crippen molar-refractivity contribution in [2.45, 2.75) is 13.3 Å². The van der Waals surface area contributed by atoms with Crippen molar-refractivity contribution < 1.29 is 19.0 Å². The van der Waals surface area contributed by atoms with Gasteiger partial charge in [0.1, 0.15) is 11.5 Å². The molecule has 0 unspecified atom stereocenters. The van der Waals surface area contributed by atoms with Gasteiger partial charge in [0, 0.05) is 23.3 Å². The topological polar surface area (TPSA) is 81.7 Å². The Bertz CT molecular complexity index is 1380. The van der Waals surface area contributed by atoms with Crippen LogP contribution in [0.3, 0.4) is 0 Å². The molecule has 8 heteroatoms. The molecule has 1 aromatic heterocycles. The summed E-state index contributed by atoms with van der Waals surface area (Å²) in [5, 5.41) is 6.80. The van der Waals surface area contributed by atoms with Crippen molar-refractivity contribution in [1.29, 1.82) is 0 Å². The summed E-state index contributed by atoms with van der Waals surface area (Å²) in [6, 6.07) is 20.6. The number of nitrogens with one attached hydrogen (secondary N) is 2. The second-order valence-electron chi connectivity index (χ2n) is 7.78. The van der Waals surface area contributed by atoms with E-state index in [2.05, 4.69) is 15.6 Å². The number of pyridine rings is 1. The molecule has 4 aromatic rings. The summed E-state index contributed by atoms with van der Waals surface area (Å²) in [4.78, 5) is 16.7. The number of amides is 1. The number of methoxy groups -OCH3 is 2. The molecule has 0 aliphatic heterocycles. The van der Waals surface area contributed by atoms with Crippen molar-refractivity contribution in [1.82, 2.24) is 10.3 Å². The highest BCUT2D eigenvalue weighted by Crippen LogP contribution is 2.37. The quantitative estimate of drug-likeness (QED) is 0.337. The standard InChI is InChI=1S/C27H25N3O4S/c1-17-13-19(29-27(35)30-26(31)14-18-7-5-4-6-8-18)9-10-22(17)34-23-11-12-28-21-16-25(33-3)24(32-2)15-20(21)23/h4-13,15-16H,14H2,1-3H3,(H2,29,30,31,35). The Hall–Kier alpha value is -4.17. The molecule has 0 aliphatic rings. The number of nitrogens with zero attached hydrogens (tertiary/aromatic N) is 1. The number of hydrogen-bond acceptors (Lipinski definition) is 6. The Balaban J connectivity index is 1.45. The fourth-order valence-corrected chi connectivity index (χ4v) is 3.84. The van der Waals surface area contributed by atoms with Gasteiger partial charge in [0.05, 0.1) is 26.2 Å². The van der Waals surface area contributed by atoms with Crippen LogP contribution in [0.1, 0.15) is 11.1 Å². The average molecular weight is 488 g/mol. The number of benzene rings is 3. The minimum absolute atomic E-state index is 0.179. The number of rotatable bonds is 7. The molecule has 0 atom stereocenters. The van der Waals surface area contributed by atoms with Crippen molar-refractivity contribution in [2.75, 3.05) is 19.5 Å². The van der Waals surface area contributed by atoms with Crippen molar-refractivity contribution >= 4 is 39.8 Å². The summed E-state index contributed by atoms with van der Waals surface area (Å²) in [6.45, 7) is 1.94. The first kappa shape index (κ1) is 24.0. The Morgan fingerprint density at radius 3 is 2.37 bits per heavy atom. The number of anilines is 1. The van der Waals surface area contributed by atoms with E-state index < -0.39 is 0 Å². The van der Waals surface area contributed by atoms with Gasteiger partial charge in [-0.3, -0.25) is 9.78 Å². The van der Waals surface area contributed by atoms with Crippen molar-refractivity contribution in [3.63, 3.8) is 0 Å². The predicted molar refractivity (Wildman–Crippen MR) is 141 cm³/mol. The Kier molecular flexibility index (Phi) is 7.42. The zero-order valence-corrected chi connectivity index (χ0v) is 20.4. The van der Waals surface area contributed by atoms with Gasteiger partial charge >= 0.3 is 0 Å². The largest absolute Gasteiger partial charge is 0.493 e. The number of carbonyl (C=O) groups excluding carboxylic acids is 1. The lowest BCUT2D eigenvalue weighted by Gasteiger charge is -2.15. The monoisotopic (exact) mass is 487 g/mol. The molecule has 0 bridgehead atoms. The summed E-state index contributed by atoms with van der Waals surface area (Å²) in [5.74, 6) is 2.34. The van der Waals surface area contributed by atoms with Crippen LogP contribution < -0.4 is 24.8 Å². The van der Waals surface area contributed by atoms with Crippen LogP contribution in [0.25, 0.3) is 10.9 Å². The fourth-order valence-electron chi connectivity index (χ4n) is 3.61. The molecule has 0 aliphatic carbocycles.